The summed E-state index contributed by atoms with van der Waals surface area (Å²) in [4.78, 5) is 19.3. The number of hydrogen-bond donors (Lipinski definition) is 0. The zero-order chi connectivity index (χ0) is 16.0. The Labute approximate surface area is 108 Å². The molecule has 0 spiro atoms. The molecule has 0 saturated carbocycles. The lowest BCUT2D eigenvalue weighted by molar-refractivity contribution is -0.136. The van der Waals surface area contributed by atoms with Gasteiger partial charge in [-0.15, -0.1) is 15.5 Å². The molecule has 0 aromatic rings. The van der Waals surface area contributed by atoms with Gasteiger partial charge in [-0.3, -0.25) is 9.59 Å². The van der Waals surface area contributed by atoms with Gasteiger partial charge in [-0.25, -0.2) is 4.39 Å². The maximum absolute atomic E-state index is 13.2. The fourth-order valence-electron chi connectivity index (χ4n) is 1.51. The Morgan fingerprint density at radius 1 is 0.950 bits per heavy atom. The number of halogens is 7. The van der Waals surface area contributed by atoms with E-state index in [2.05, 4.69) is 0 Å². The molecule has 10 heteroatoms. The highest BCUT2D eigenvalue weighted by molar-refractivity contribution is 8.55. The summed E-state index contributed by atoms with van der Waals surface area (Å²) in [5.74, 6) is -8.91. The number of carbonyl (C=O) groups excluding carboxylic acids is 2. The Balaban J connectivity index is 3.28. The minimum absolute atomic E-state index is 0.119. The van der Waals surface area contributed by atoms with Crippen molar-refractivity contribution in [1.29, 1.82) is 0 Å². The molecule has 0 fully saturated rings. The van der Waals surface area contributed by atoms with E-state index in [9.17, 15) is 38.3 Å². The van der Waals surface area contributed by atoms with Crippen molar-refractivity contribution in [1.82, 2.24) is 0 Å². The van der Waals surface area contributed by atoms with Gasteiger partial charge in [-0.05, 0) is 6.42 Å². The largest absolute Gasteiger partial charge is 0.291 e. The van der Waals surface area contributed by atoms with Crippen molar-refractivity contribution in [2.24, 2.45) is 0 Å². The van der Waals surface area contributed by atoms with Crippen molar-refractivity contribution in [3.05, 3.63) is 21.7 Å². The first kappa shape index (κ1) is 16.7. The van der Waals surface area contributed by atoms with Gasteiger partial charge in [0.2, 0.25) is 21.4 Å². The second-order valence-corrected chi connectivity index (χ2v) is 7.16. The minimum atomic E-state index is -9.99. The summed E-state index contributed by atoms with van der Waals surface area (Å²) in [6.45, 7) is 1.44. The smallest absolute Gasteiger partial charge is 0.266 e. The van der Waals surface area contributed by atoms with Crippen molar-refractivity contribution < 1.29 is 38.3 Å². The highest BCUT2D eigenvalue weighted by Gasteiger charge is 2.77. The molecule has 20 heavy (non-hydrogen) atoms. The molecule has 0 N–H and O–H groups in total. The van der Waals surface area contributed by atoms with Gasteiger partial charge >= 0.3 is 0 Å². The first-order valence-corrected chi connectivity index (χ1v) is 7.32. The molecule has 1 heterocycles. The van der Waals surface area contributed by atoms with Gasteiger partial charge < -0.3 is 0 Å². The monoisotopic (exact) mass is 326 g/mol. The van der Waals surface area contributed by atoms with Crippen molar-refractivity contribution in [3.63, 3.8) is 0 Å². The minimum Gasteiger partial charge on any atom is -0.291 e. The summed E-state index contributed by atoms with van der Waals surface area (Å²) in [7, 11) is -9.99. The summed E-state index contributed by atoms with van der Waals surface area (Å²) in [6.07, 6.45) is -2.37. The van der Waals surface area contributed by atoms with E-state index in [1.807, 2.05) is 0 Å². The van der Waals surface area contributed by atoms with Crippen LogP contribution in [-0.4, -0.2) is 11.6 Å². The molecule has 1 aliphatic heterocycles. The van der Waals surface area contributed by atoms with Gasteiger partial charge in [0.1, 0.15) is 4.91 Å². The van der Waals surface area contributed by atoms with Crippen LogP contribution >= 0.6 is 9.84 Å². The molecular weight excluding hydrogens is 317 g/mol. The first-order valence-electron chi connectivity index (χ1n) is 5.27. The molecular formula is C10H9F7O2S. The van der Waals surface area contributed by atoms with Gasteiger partial charge in [0, 0.05) is 6.42 Å². The topological polar surface area (TPSA) is 34.1 Å². The molecule has 0 aromatic carbocycles. The zero-order valence-electron chi connectivity index (χ0n) is 9.99. The maximum atomic E-state index is 13.2. The van der Waals surface area contributed by atoms with Gasteiger partial charge in [0.15, 0.2) is 11.6 Å². The van der Waals surface area contributed by atoms with E-state index in [1.54, 1.807) is 0 Å². The first-order chi connectivity index (χ1) is 8.76. The van der Waals surface area contributed by atoms with E-state index in [4.69, 9.17) is 0 Å². The Morgan fingerprint density at radius 2 is 1.45 bits per heavy atom. The van der Waals surface area contributed by atoms with E-state index >= 15 is 0 Å². The van der Waals surface area contributed by atoms with Crippen LogP contribution in [0.25, 0.3) is 0 Å². The fourth-order valence-corrected chi connectivity index (χ4v) is 3.05. The van der Waals surface area contributed by atoms with Gasteiger partial charge in [0.05, 0.1) is 6.42 Å². The molecule has 116 valence electrons. The summed E-state index contributed by atoms with van der Waals surface area (Å²) in [5.41, 5.74) is 0. The molecule has 0 atom stereocenters. The SMILES string of the molecule is CCCC(=O)C(=O)CC1=C(F)C(F)=C(F)S1(F)(F)(F)F. The molecule has 0 unspecified atom stereocenters. The zero-order valence-corrected chi connectivity index (χ0v) is 10.8. The van der Waals surface area contributed by atoms with Crippen LogP contribution in [0.3, 0.4) is 0 Å². The standard InChI is InChI=1S/C10H9F7O2S/c1-2-3-5(18)6(19)4-7-8(11)9(12)10(13)20(7,14,15,16)17/h2-4H2,1H3. The maximum Gasteiger partial charge on any atom is 0.266 e. The Hall–Kier alpha value is -1.32. The van der Waals surface area contributed by atoms with Crippen LogP contribution in [0.2, 0.25) is 0 Å². The lowest BCUT2D eigenvalue weighted by atomic mass is 10.1. The second kappa shape index (κ2) is 4.09. The number of allylic oxidation sites excluding steroid dienone is 3. The third-order valence-electron chi connectivity index (χ3n) is 2.58. The fraction of sp³-hybridized carbons (Fsp3) is 0.400. The van der Waals surface area contributed by atoms with E-state index in [1.165, 1.54) is 6.92 Å². The van der Waals surface area contributed by atoms with Crippen LogP contribution in [0, 0.1) is 0 Å². The number of rotatable bonds is 5. The average Bonchev–Trinajstić information content (AvgIpc) is 2.40. The quantitative estimate of drug-likeness (QED) is 0.524. The lowest BCUT2D eigenvalue weighted by Gasteiger charge is -2.46. The summed E-state index contributed by atoms with van der Waals surface area (Å²) >= 11 is 0. The van der Waals surface area contributed by atoms with Gasteiger partial charge in [0.25, 0.3) is 5.16 Å². The molecule has 0 amide bonds. The molecule has 1 aliphatic rings. The van der Waals surface area contributed by atoms with Crippen LogP contribution in [-0.2, 0) is 9.59 Å². The molecule has 2 nitrogen and oxygen atoms in total. The molecule has 0 bridgehead atoms. The highest BCUT2D eigenvalue weighted by atomic mass is 32.5. The predicted octanol–water partition coefficient (Wildman–Crippen LogP) is 5.03. The molecule has 0 radical (unpaired) electrons. The molecule has 0 saturated heterocycles. The summed E-state index contributed by atoms with van der Waals surface area (Å²) in [5, 5.41) is -3.81. The number of carbonyl (C=O) groups is 2. The van der Waals surface area contributed by atoms with Crippen LogP contribution < -0.4 is 0 Å². The lowest BCUT2D eigenvalue weighted by Crippen LogP contribution is -2.21. The predicted molar refractivity (Wildman–Crippen MR) is 58.9 cm³/mol. The summed E-state index contributed by atoms with van der Waals surface area (Å²) in [6, 6.07) is 0. The Bertz CT molecular complexity index is 569. The Morgan fingerprint density at radius 3 is 1.80 bits per heavy atom. The van der Waals surface area contributed by atoms with Crippen molar-refractivity contribution >= 4 is 21.4 Å². The number of hydrogen-bond acceptors (Lipinski definition) is 2. The van der Waals surface area contributed by atoms with Crippen molar-refractivity contribution in [2.75, 3.05) is 0 Å². The van der Waals surface area contributed by atoms with Crippen molar-refractivity contribution in [3.8, 4) is 0 Å². The number of Topliss-reactive ketones (excluding diaryl/α,β-unsaturated/α-hetero) is 2. The van der Waals surface area contributed by atoms with Crippen LogP contribution in [0.4, 0.5) is 28.7 Å². The van der Waals surface area contributed by atoms with Crippen LogP contribution in [0.1, 0.15) is 26.2 Å². The third-order valence-corrected chi connectivity index (χ3v) is 4.79. The van der Waals surface area contributed by atoms with E-state index < -0.39 is 56.0 Å². The van der Waals surface area contributed by atoms with E-state index in [0.29, 0.717) is 0 Å². The van der Waals surface area contributed by atoms with Crippen molar-refractivity contribution in [2.45, 2.75) is 26.2 Å². The van der Waals surface area contributed by atoms with E-state index in [0.717, 1.165) is 0 Å². The normalized spacial score (nSPS) is 26.6. The highest BCUT2D eigenvalue weighted by Crippen LogP contribution is 3.07. The van der Waals surface area contributed by atoms with Gasteiger partial charge in [-0.1, -0.05) is 6.92 Å². The molecule has 0 aliphatic carbocycles. The Kier molecular flexibility index (Phi) is 3.42. The average molecular weight is 326 g/mol. The molecule has 0 aromatic heterocycles. The van der Waals surface area contributed by atoms with Gasteiger partial charge in [-0.2, -0.15) is 8.78 Å². The van der Waals surface area contributed by atoms with E-state index in [-0.39, 0.29) is 6.42 Å². The summed E-state index contributed by atoms with van der Waals surface area (Å²) < 4.78 is 91.4. The molecule has 1 rings (SSSR count). The van der Waals surface area contributed by atoms with Crippen LogP contribution in [0.15, 0.2) is 21.7 Å². The third kappa shape index (κ3) is 2.36. The van der Waals surface area contributed by atoms with Crippen LogP contribution in [0.5, 0.6) is 0 Å². The number of ketones is 2. The second-order valence-electron chi connectivity index (χ2n) is 4.17.